The van der Waals surface area contributed by atoms with Crippen LogP contribution >= 0.6 is 15.6 Å². The molecule has 0 aromatic rings. The molecule has 0 aliphatic heterocycles. The number of aliphatic hydroxyl groups is 1. The Morgan fingerprint density at radius 3 is 0.727 bits per heavy atom. The van der Waals surface area contributed by atoms with Gasteiger partial charge >= 0.3 is 15.6 Å². The highest BCUT2D eigenvalue weighted by Gasteiger charge is 2.00. The summed E-state index contributed by atoms with van der Waals surface area (Å²) >= 11 is 0. The fourth-order valence-electron chi connectivity index (χ4n) is 0.671. The highest BCUT2D eigenvalue weighted by atomic mass is 31.2. The molecule has 13 nitrogen and oxygen atoms in total. The van der Waals surface area contributed by atoms with E-state index < -0.39 is 15.6 Å². The molecule has 0 heterocycles. The molecule has 16 N–H and O–H groups in total. The molecule has 0 aliphatic carbocycles. The smallest absolute Gasteiger partial charge is 0.400 e. The Kier molecular flexibility index (Phi) is 50.9. The van der Waals surface area contributed by atoms with E-state index in [1.165, 1.54) is 19.6 Å². The first-order valence-corrected chi connectivity index (χ1v) is 8.21. The highest BCUT2D eigenvalue weighted by Crippen LogP contribution is 2.26. The Bertz CT molecular complexity index is 214. The molecule has 0 bridgehead atoms. The highest BCUT2D eigenvalue weighted by molar-refractivity contribution is 7.45. The average molecular weight is 380 g/mol. The Balaban J connectivity index is -0.0000000276. The number of nitrogens with zero attached hydrogens (tertiary/aromatic N) is 1. The first kappa shape index (κ1) is 43.1. The maximum absolute atomic E-state index is 8.88. The van der Waals surface area contributed by atoms with Crippen LogP contribution in [-0.4, -0.2) is 66.1 Å². The van der Waals surface area contributed by atoms with Gasteiger partial charge in [-0.25, -0.2) is 9.13 Å². The van der Waals surface area contributed by atoms with Gasteiger partial charge in [-0.15, -0.1) is 0 Å². The molecule has 0 radical (unpaired) electrons. The molecule has 0 aromatic heterocycles. The van der Waals surface area contributed by atoms with Gasteiger partial charge in [0.2, 0.25) is 0 Å². The molecule has 0 aliphatic rings. The van der Waals surface area contributed by atoms with Crippen molar-refractivity contribution in [2.45, 2.75) is 20.8 Å². The monoisotopic (exact) mass is 380 g/mol. The summed E-state index contributed by atoms with van der Waals surface area (Å²) in [6.45, 7) is 10.1. The summed E-state index contributed by atoms with van der Waals surface area (Å²) in [6.07, 6.45) is 0. The summed E-state index contributed by atoms with van der Waals surface area (Å²) in [5.41, 5.74) is 0. The fraction of sp³-hybridized carbons (Fsp3) is 1.00. The van der Waals surface area contributed by atoms with Crippen molar-refractivity contribution in [3.63, 3.8) is 0 Å². The van der Waals surface area contributed by atoms with E-state index in [0.717, 1.165) is 7.11 Å². The van der Waals surface area contributed by atoms with Gasteiger partial charge in [0, 0.05) is 7.11 Å². The van der Waals surface area contributed by atoms with Gasteiger partial charge in [0.25, 0.3) is 0 Å². The van der Waals surface area contributed by atoms with Crippen molar-refractivity contribution in [3.8, 4) is 0 Å². The number of rotatable bonds is 3. The minimum Gasteiger partial charge on any atom is -0.400 e. The van der Waals surface area contributed by atoms with Crippen molar-refractivity contribution in [1.29, 1.82) is 0 Å². The van der Waals surface area contributed by atoms with Gasteiger partial charge in [0.05, 0.1) is 0 Å². The molecule has 0 fully saturated rings. The molecular formula is C7H34N4O9P2. The summed E-state index contributed by atoms with van der Waals surface area (Å²) < 4.78 is 17.8. The lowest BCUT2D eigenvalue weighted by Gasteiger charge is -2.13. The molecule has 146 valence electrons. The van der Waals surface area contributed by atoms with Crippen LogP contribution in [0, 0.1) is 0 Å². The van der Waals surface area contributed by atoms with Gasteiger partial charge in [0.1, 0.15) is 0 Å². The predicted molar refractivity (Wildman–Crippen MR) is 85.2 cm³/mol. The molecule has 0 atom stereocenters. The predicted octanol–water partition coefficient (Wildman–Crippen LogP) is -0.415. The lowest BCUT2D eigenvalue weighted by atomic mass is 10.5. The normalized spacial score (nSPS) is 8.91. The number of hydrogen-bond donors (Lipinski definition) is 10. The molecule has 0 unspecified atom stereocenters. The SMILES string of the molecule is CCN(CC)CC.CO.N.N.N.O=P(O)(O)O.O=P(O)(O)O. The van der Waals surface area contributed by atoms with Gasteiger partial charge in [-0.05, 0) is 19.6 Å². The lowest BCUT2D eigenvalue weighted by Crippen LogP contribution is -2.21. The lowest BCUT2D eigenvalue weighted by molar-refractivity contribution is 0.272. The average Bonchev–Trinajstić information content (AvgIpc) is 2.18. The van der Waals surface area contributed by atoms with Crippen LogP contribution in [0.1, 0.15) is 20.8 Å². The fourth-order valence-corrected chi connectivity index (χ4v) is 0.671. The van der Waals surface area contributed by atoms with Crippen molar-refractivity contribution in [2.24, 2.45) is 0 Å². The Hall–Kier alpha value is 0.0200. The standard InChI is InChI=1S/C6H15N.CH4O.3H3N.2H3O4P/c1-4-7(5-2)6-3;1-2;;;;2*1-5(2,3)4/h4-6H2,1-3H3;2H,1H3;3*1H3;2*(H3,1,2,3,4). The van der Waals surface area contributed by atoms with Crippen LogP contribution in [-0.2, 0) is 9.13 Å². The van der Waals surface area contributed by atoms with Crippen molar-refractivity contribution < 1.29 is 43.6 Å². The Morgan fingerprint density at radius 2 is 0.727 bits per heavy atom. The Labute approximate surface area is 131 Å². The summed E-state index contributed by atoms with van der Waals surface area (Å²) in [7, 11) is -8.28. The van der Waals surface area contributed by atoms with Crippen molar-refractivity contribution in [1.82, 2.24) is 23.4 Å². The van der Waals surface area contributed by atoms with E-state index in [1.807, 2.05) is 0 Å². The zero-order valence-electron chi connectivity index (χ0n) is 13.5. The van der Waals surface area contributed by atoms with Gasteiger partial charge in [-0.1, -0.05) is 20.8 Å². The number of aliphatic hydroxyl groups excluding tert-OH is 1. The van der Waals surface area contributed by atoms with E-state index in [2.05, 4.69) is 25.7 Å². The van der Waals surface area contributed by atoms with Gasteiger partial charge in [0.15, 0.2) is 0 Å². The van der Waals surface area contributed by atoms with E-state index in [1.54, 1.807) is 0 Å². The van der Waals surface area contributed by atoms with Crippen LogP contribution < -0.4 is 18.5 Å². The minimum absolute atomic E-state index is 0. The summed E-state index contributed by atoms with van der Waals surface area (Å²) in [4.78, 5) is 45.5. The van der Waals surface area contributed by atoms with Crippen molar-refractivity contribution in [2.75, 3.05) is 26.7 Å². The van der Waals surface area contributed by atoms with Crippen LogP contribution in [0.4, 0.5) is 0 Å². The molecular weight excluding hydrogens is 346 g/mol. The van der Waals surface area contributed by atoms with Crippen LogP contribution in [0.15, 0.2) is 0 Å². The van der Waals surface area contributed by atoms with Crippen LogP contribution in [0.2, 0.25) is 0 Å². The zero-order chi connectivity index (χ0) is 16.7. The van der Waals surface area contributed by atoms with Crippen molar-refractivity contribution >= 4 is 15.6 Å². The molecule has 0 amide bonds. The maximum Gasteiger partial charge on any atom is 0.466 e. The van der Waals surface area contributed by atoms with Gasteiger partial charge < -0.3 is 57.8 Å². The molecule has 0 spiro atoms. The third-order valence-electron chi connectivity index (χ3n) is 1.34. The Morgan fingerprint density at radius 1 is 0.636 bits per heavy atom. The second-order valence-electron chi connectivity index (χ2n) is 2.65. The first-order chi connectivity index (χ1) is 8.35. The maximum atomic E-state index is 8.88. The number of hydrogen-bond acceptors (Lipinski definition) is 7. The van der Waals surface area contributed by atoms with Gasteiger partial charge in [-0.2, -0.15) is 0 Å². The molecule has 0 saturated carbocycles. The third kappa shape index (κ3) is 200. The second-order valence-corrected chi connectivity index (χ2v) is 4.70. The topological polar surface area (TPSA) is 284 Å². The van der Waals surface area contributed by atoms with Crippen LogP contribution in [0.5, 0.6) is 0 Å². The summed E-state index contributed by atoms with van der Waals surface area (Å²) in [5.74, 6) is 0. The van der Waals surface area contributed by atoms with E-state index in [0.29, 0.717) is 0 Å². The van der Waals surface area contributed by atoms with Crippen LogP contribution in [0.25, 0.3) is 0 Å². The summed E-state index contributed by atoms with van der Waals surface area (Å²) in [6, 6.07) is 0. The zero-order valence-corrected chi connectivity index (χ0v) is 15.3. The molecule has 0 rings (SSSR count). The number of phosphoric acid groups is 2. The quantitative estimate of drug-likeness (QED) is 0.279. The molecule has 0 saturated heterocycles. The van der Waals surface area contributed by atoms with E-state index in [4.69, 9.17) is 43.6 Å². The molecule has 15 heteroatoms. The minimum atomic E-state index is -4.64. The second kappa shape index (κ2) is 25.9. The third-order valence-corrected chi connectivity index (χ3v) is 1.34. The van der Waals surface area contributed by atoms with Crippen molar-refractivity contribution in [3.05, 3.63) is 0 Å². The molecule has 0 aromatic carbocycles. The largest absolute Gasteiger partial charge is 0.466 e. The first-order valence-electron chi connectivity index (χ1n) is 5.08. The molecule has 22 heavy (non-hydrogen) atoms. The van der Waals surface area contributed by atoms with E-state index in [9.17, 15) is 0 Å². The van der Waals surface area contributed by atoms with E-state index in [-0.39, 0.29) is 18.5 Å². The van der Waals surface area contributed by atoms with E-state index >= 15 is 0 Å². The van der Waals surface area contributed by atoms with Crippen LogP contribution in [0.3, 0.4) is 0 Å². The summed E-state index contributed by atoms with van der Waals surface area (Å²) in [5, 5.41) is 7.00. The van der Waals surface area contributed by atoms with Gasteiger partial charge in [-0.3, -0.25) is 0 Å².